The van der Waals surface area contributed by atoms with Crippen LogP contribution in [0, 0.1) is 0 Å². The Balaban J connectivity index is 2.00. The quantitative estimate of drug-likeness (QED) is 0.841. The van der Waals surface area contributed by atoms with Gasteiger partial charge in [0.1, 0.15) is 0 Å². The first-order valence-electron chi connectivity index (χ1n) is 6.92. The molecule has 0 atom stereocenters. The van der Waals surface area contributed by atoms with E-state index in [0.29, 0.717) is 11.3 Å². The molecular weight excluding hydrogens is 254 g/mol. The van der Waals surface area contributed by atoms with Gasteiger partial charge in [-0.2, -0.15) is 0 Å². The van der Waals surface area contributed by atoms with Gasteiger partial charge in [-0.3, -0.25) is 4.79 Å². The Labute approximate surface area is 119 Å². The van der Waals surface area contributed by atoms with E-state index in [-0.39, 0.29) is 11.8 Å². The first kappa shape index (κ1) is 14.5. The lowest BCUT2D eigenvalue weighted by atomic mass is 10.1. The number of nitrogens with zero attached hydrogens (tertiary/aromatic N) is 2. The van der Waals surface area contributed by atoms with Crippen LogP contribution in [0.25, 0.3) is 0 Å². The highest BCUT2D eigenvalue weighted by molar-refractivity contribution is 5.96. The number of benzene rings is 1. The fourth-order valence-electron chi connectivity index (χ4n) is 2.27. The van der Waals surface area contributed by atoms with Gasteiger partial charge in [0.05, 0.1) is 0 Å². The largest absolute Gasteiger partial charge is 0.323 e. The number of urea groups is 1. The van der Waals surface area contributed by atoms with Gasteiger partial charge in [-0.25, -0.2) is 4.79 Å². The molecule has 0 unspecified atom stereocenters. The third-order valence-electron chi connectivity index (χ3n) is 3.53. The molecular formula is C15H21N3O2. The van der Waals surface area contributed by atoms with E-state index in [1.807, 2.05) is 4.90 Å². The van der Waals surface area contributed by atoms with Gasteiger partial charge in [-0.1, -0.05) is 12.1 Å². The number of ketones is 1. The van der Waals surface area contributed by atoms with Crippen molar-refractivity contribution in [2.24, 2.45) is 0 Å². The van der Waals surface area contributed by atoms with Crippen LogP contribution in [0.3, 0.4) is 0 Å². The molecule has 1 fully saturated rings. The Hall–Kier alpha value is -1.88. The zero-order chi connectivity index (χ0) is 14.5. The van der Waals surface area contributed by atoms with Crippen LogP contribution in [-0.2, 0) is 0 Å². The van der Waals surface area contributed by atoms with Gasteiger partial charge in [0.25, 0.3) is 0 Å². The first-order valence-corrected chi connectivity index (χ1v) is 6.92. The van der Waals surface area contributed by atoms with Gasteiger partial charge in [0.2, 0.25) is 0 Å². The number of likely N-dealkylation sites (N-methyl/N-ethyl adjacent to an activating group) is 1. The molecule has 1 aliphatic heterocycles. The number of rotatable bonds is 2. The summed E-state index contributed by atoms with van der Waals surface area (Å²) in [5.41, 5.74) is 1.28. The number of nitrogens with one attached hydrogen (secondary N) is 1. The molecule has 0 bridgehead atoms. The van der Waals surface area contributed by atoms with E-state index >= 15 is 0 Å². The average molecular weight is 275 g/mol. The van der Waals surface area contributed by atoms with E-state index in [9.17, 15) is 9.59 Å². The summed E-state index contributed by atoms with van der Waals surface area (Å²) in [5, 5.41) is 2.87. The van der Waals surface area contributed by atoms with Crippen molar-refractivity contribution in [3.63, 3.8) is 0 Å². The summed E-state index contributed by atoms with van der Waals surface area (Å²) in [6.07, 6.45) is 0.984. The Kier molecular flexibility index (Phi) is 4.74. The summed E-state index contributed by atoms with van der Waals surface area (Å²) in [6.45, 7) is 4.92. The second kappa shape index (κ2) is 6.52. The van der Waals surface area contributed by atoms with Crippen LogP contribution < -0.4 is 5.32 Å². The maximum absolute atomic E-state index is 12.2. The molecule has 108 valence electrons. The highest BCUT2D eigenvalue weighted by Gasteiger charge is 2.17. The van der Waals surface area contributed by atoms with Crippen LogP contribution >= 0.6 is 0 Å². The van der Waals surface area contributed by atoms with Crippen LogP contribution in [0.15, 0.2) is 24.3 Å². The number of hydrogen-bond acceptors (Lipinski definition) is 3. The van der Waals surface area contributed by atoms with Gasteiger partial charge >= 0.3 is 6.03 Å². The van der Waals surface area contributed by atoms with Crippen molar-refractivity contribution < 1.29 is 9.59 Å². The molecule has 1 aliphatic rings. The predicted molar refractivity (Wildman–Crippen MR) is 79.2 cm³/mol. The number of carbonyl (C=O) groups is 2. The van der Waals surface area contributed by atoms with Crippen molar-refractivity contribution in [1.29, 1.82) is 0 Å². The van der Waals surface area contributed by atoms with Crippen LogP contribution in [0.5, 0.6) is 0 Å². The lowest BCUT2D eigenvalue weighted by Gasteiger charge is -2.21. The summed E-state index contributed by atoms with van der Waals surface area (Å²) < 4.78 is 0. The van der Waals surface area contributed by atoms with Crippen molar-refractivity contribution >= 4 is 17.5 Å². The van der Waals surface area contributed by atoms with Crippen LogP contribution in [-0.4, -0.2) is 54.8 Å². The fourth-order valence-corrected chi connectivity index (χ4v) is 2.27. The number of Topliss-reactive ketones (excluding diaryl/α,β-unsaturated/α-hetero) is 1. The summed E-state index contributed by atoms with van der Waals surface area (Å²) >= 11 is 0. The van der Waals surface area contributed by atoms with Crippen molar-refractivity contribution in [2.45, 2.75) is 13.3 Å². The van der Waals surface area contributed by atoms with Gasteiger partial charge < -0.3 is 15.1 Å². The lowest BCUT2D eigenvalue weighted by Crippen LogP contribution is -2.37. The number of anilines is 1. The molecule has 5 nitrogen and oxygen atoms in total. The van der Waals surface area contributed by atoms with Crippen molar-refractivity contribution in [3.05, 3.63) is 29.8 Å². The number of hydrogen-bond donors (Lipinski definition) is 1. The van der Waals surface area contributed by atoms with E-state index < -0.39 is 0 Å². The number of carbonyl (C=O) groups excluding carboxylic acids is 2. The topological polar surface area (TPSA) is 52.7 Å². The Morgan fingerprint density at radius 1 is 1.15 bits per heavy atom. The molecule has 0 aromatic heterocycles. The smallest absolute Gasteiger partial charge is 0.321 e. The minimum atomic E-state index is -0.0963. The molecule has 1 saturated heterocycles. The molecule has 1 aromatic carbocycles. The fraction of sp³-hybridized carbons (Fsp3) is 0.467. The third kappa shape index (κ3) is 3.81. The molecule has 0 radical (unpaired) electrons. The highest BCUT2D eigenvalue weighted by Crippen LogP contribution is 2.12. The zero-order valence-corrected chi connectivity index (χ0v) is 12.1. The van der Waals surface area contributed by atoms with E-state index in [1.165, 1.54) is 6.92 Å². The van der Waals surface area contributed by atoms with Crippen LogP contribution in [0.2, 0.25) is 0 Å². The normalized spacial score (nSPS) is 16.6. The summed E-state index contributed by atoms with van der Waals surface area (Å²) in [4.78, 5) is 27.6. The summed E-state index contributed by atoms with van der Waals surface area (Å²) in [7, 11) is 2.07. The average Bonchev–Trinajstić information content (AvgIpc) is 2.64. The third-order valence-corrected chi connectivity index (χ3v) is 3.53. The molecule has 0 spiro atoms. The SMILES string of the molecule is CC(=O)c1cccc(NC(=O)N2CCCN(C)CC2)c1. The molecule has 0 aliphatic carbocycles. The second-order valence-electron chi connectivity index (χ2n) is 5.21. The Bertz CT molecular complexity index is 502. The lowest BCUT2D eigenvalue weighted by molar-refractivity contribution is 0.101. The Morgan fingerprint density at radius 3 is 2.70 bits per heavy atom. The predicted octanol–water partition coefficient (Wildman–Crippen LogP) is 2.06. The summed E-state index contributed by atoms with van der Waals surface area (Å²) in [5.74, 6) is -0.00232. The summed E-state index contributed by atoms with van der Waals surface area (Å²) in [6, 6.07) is 6.95. The van der Waals surface area contributed by atoms with Gasteiger partial charge in [0, 0.05) is 30.9 Å². The Morgan fingerprint density at radius 2 is 1.95 bits per heavy atom. The van der Waals surface area contributed by atoms with E-state index in [2.05, 4.69) is 17.3 Å². The number of amides is 2. The van der Waals surface area contributed by atoms with Crippen LogP contribution in [0.1, 0.15) is 23.7 Å². The molecule has 1 heterocycles. The van der Waals surface area contributed by atoms with Crippen molar-refractivity contribution in [1.82, 2.24) is 9.80 Å². The molecule has 0 saturated carbocycles. The minimum Gasteiger partial charge on any atom is -0.323 e. The van der Waals surface area contributed by atoms with E-state index in [0.717, 1.165) is 32.6 Å². The standard InChI is InChI=1S/C15H21N3O2/c1-12(19)13-5-3-6-14(11-13)16-15(20)18-8-4-7-17(2)9-10-18/h3,5-6,11H,4,7-10H2,1-2H3,(H,16,20). The van der Waals surface area contributed by atoms with Crippen LogP contribution in [0.4, 0.5) is 10.5 Å². The van der Waals surface area contributed by atoms with Gasteiger partial charge in [-0.05, 0) is 39.1 Å². The first-order chi connectivity index (χ1) is 9.56. The van der Waals surface area contributed by atoms with Gasteiger partial charge in [0.15, 0.2) is 5.78 Å². The molecule has 2 amide bonds. The molecule has 5 heteroatoms. The van der Waals surface area contributed by atoms with E-state index in [1.54, 1.807) is 24.3 Å². The molecule has 1 aromatic rings. The minimum absolute atomic E-state index is 0.00232. The maximum atomic E-state index is 12.2. The highest BCUT2D eigenvalue weighted by atomic mass is 16.2. The monoisotopic (exact) mass is 275 g/mol. The molecule has 20 heavy (non-hydrogen) atoms. The maximum Gasteiger partial charge on any atom is 0.321 e. The van der Waals surface area contributed by atoms with E-state index in [4.69, 9.17) is 0 Å². The zero-order valence-electron chi connectivity index (χ0n) is 12.1. The van der Waals surface area contributed by atoms with Crippen molar-refractivity contribution in [3.8, 4) is 0 Å². The van der Waals surface area contributed by atoms with Crippen molar-refractivity contribution in [2.75, 3.05) is 38.5 Å². The molecule has 2 rings (SSSR count). The molecule has 1 N–H and O–H groups in total. The second-order valence-corrected chi connectivity index (χ2v) is 5.21. The van der Waals surface area contributed by atoms with Gasteiger partial charge in [-0.15, -0.1) is 0 Å².